The molecule has 1 aliphatic rings. The predicted octanol–water partition coefficient (Wildman–Crippen LogP) is 1.05. The average Bonchev–Trinajstić information content (AvgIpc) is 2.96. The van der Waals surface area contributed by atoms with Gasteiger partial charge in [-0.15, -0.1) is 0 Å². The molecule has 2 rings (SSSR count). The minimum absolute atomic E-state index is 0.0550. The lowest BCUT2D eigenvalue weighted by atomic mass is 9.78. The van der Waals surface area contributed by atoms with E-state index in [0.29, 0.717) is 37.1 Å². The van der Waals surface area contributed by atoms with Crippen LogP contribution in [0.3, 0.4) is 0 Å². The highest BCUT2D eigenvalue weighted by Crippen LogP contribution is 2.47. The van der Waals surface area contributed by atoms with Crippen molar-refractivity contribution in [3.63, 3.8) is 0 Å². The molecule has 214 valence electrons. The van der Waals surface area contributed by atoms with Crippen molar-refractivity contribution < 1.29 is 45.4 Å². The molecule has 0 saturated heterocycles. The molecule has 0 fully saturated rings. The second-order valence-electron chi connectivity index (χ2n) is 9.80. The molecule has 0 aromatic heterocycles. The Hall–Kier alpha value is -2.75. The third kappa shape index (κ3) is 8.64. The number of hydrogen-bond donors (Lipinski definition) is 5. The van der Waals surface area contributed by atoms with Crippen molar-refractivity contribution in [3.8, 4) is 0 Å². The van der Waals surface area contributed by atoms with Gasteiger partial charge in [-0.2, -0.15) is 16.8 Å². The number of carboxylic acid groups (broad SMARTS) is 1. The number of carbonyl (C=O) groups excluding carboxylic acids is 2. The SMILES string of the molecule is CC1N(CCCCCC(=O)O)c2cc(C(=O)NCCS(=O)(=O)O)cc(C(=O)NCCS(=O)(=O)O)c2C1(C)C. The third-order valence-electron chi connectivity index (χ3n) is 6.67. The first-order valence-electron chi connectivity index (χ1n) is 12.1. The Kier molecular flexibility index (Phi) is 10.3. The van der Waals surface area contributed by atoms with Crippen molar-refractivity contribution in [2.24, 2.45) is 0 Å². The first-order valence-corrected chi connectivity index (χ1v) is 15.3. The third-order valence-corrected chi connectivity index (χ3v) is 8.11. The molecule has 0 aliphatic carbocycles. The summed E-state index contributed by atoms with van der Waals surface area (Å²) in [5, 5.41) is 13.7. The summed E-state index contributed by atoms with van der Waals surface area (Å²) in [6.45, 7) is 5.63. The van der Waals surface area contributed by atoms with Crippen molar-refractivity contribution in [1.29, 1.82) is 0 Å². The number of anilines is 1. The summed E-state index contributed by atoms with van der Waals surface area (Å²) in [5.74, 6) is -3.60. The van der Waals surface area contributed by atoms with E-state index in [-0.39, 0.29) is 36.7 Å². The van der Waals surface area contributed by atoms with E-state index >= 15 is 0 Å². The highest BCUT2D eigenvalue weighted by molar-refractivity contribution is 7.86. The molecule has 0 radical (unpaired) electrons. The van der Waals surface area contributed by atoms with E-state index < -0.39 is 54.9 Å². The number of hydrogen-bond acceptors (Lipinski definition) is 8. The molecule has 1 aromatic rings. The fourth-order valence-electron chi connectivity index (χ4n) is 4.48. The number of benzene rings is 1. The molecule has 0 bridgehead atoms. The molecule has 13 nitrogen and oxygen atoms in total. The lowest BCUT2D eigenvalue weighted by Gasteiger charge is -2.31. The van der Waals surface area contributed by atoms with Crippen LogP contribution in [0.2, 0.25) is 0 Å². The number of unbranched alkanes of at least 4 members (excludes halogenated alkanes) is 2. The summed E-state index contributed by atoms with van der Waals surface area (Å²) >= 11 is 0. The van der Waals surface area contributed by atoms with E-state index in [1.54, 1.807) is 6.07 Å². The fraction of sp³-hybridized carbons (Fsp3) is 0.609. The molecular weight excluding hydrogens is 542 g/mol. The molecule has 38 heavy (non-hydrogen) atoms. The number of nitrogens with one attached hydrogen (secondary N) is 2. The minimum Gasteiger partial charge on any atom is -0.481 e. The Labute approximate surface area is 222 Å². The summed E-state index contributed by atoms with van der Waals surface area (Å²) in [6, 6.07) is 2.81. The van der Waals surface area contributed by atoms with Crippen LogP contribution in [0.5, 0.6) is 0 Å². The fourth-order valence-corrected chi connectivity index (χ4v) is 5.20. The van der Waals surface area contributed by atoms with Crippen molar-refractivity contribution >= 4 is 43.7 Å². The van der Waals surface area contributed by atoms with Crippen molar-refractivity contribution in [2.75, 3.05) is 36.0 Å². The van der Waals surface area contributed by atoms with Gasteiger partial charge in [-0.25, -0.2) is 0 Å². The number of rotatable bonds is 14. The number of carbonyl (C=O) groups is 3. The molecule has 5 N–H and O–H groups in total. The summed E-state index contributed by atoms with van der Waals surface area (Å²) in [6.07, 6.45) is 1.88. The summed E-state index contributed by atoms with van der Waals surface area (Å²) in [5.41, 5.74) is 0.840. The molecule has 2 amide bonds. The van der Waals surface area contributed by atoms with E-state index in [2.05, 4.69) is 10.6 Å². The molecule has 0 spiro atoms. The maximum absolute atomic E-state index is 13.2. The minimum atomic E-state index is -4.31. The van der Waals surface area contributed by atoms with E-state index in [4.69, 9.17) is 14.2 Å². The zero-order valence-electron chi connectivity index (χ0n) is 21.6. The number of aliphatic carboxylic acids is 1. The molecule has 0 saturated carbocycles. The lowest BCUT2D eigenvalue weighted by Crippen LogP contribution is -2.40. The van der Waals surface area contributed by atoms with Gasteiger partial charge in [-0.3, -0.25) is 23.5 Å². The monoisotopic (exact) mass is 577 g/mol. The first-order chi connectivity index (χ1) is 17.4. The molecule has 1 aliphatic heterocycles. The number of nitrogens with zero attached hydrogens (tertiary/aromatic N) is 1. The Morgan fingerprint density at radius 3 is 2.00 bits per heavy atom. The maximum Gasteiger partial charge on any atom is 0.303 e. The van der Waals surface area contributed by atoms with Gasteiger partial charge in [0.25, 0.3) is 32.1 Å². The van der Waals surface area contributed by atoms with Gasteiger partial charge in [0.05, 0.1) is 11.5 Å². The predicted molar refractivity (Wildman–Crippen MR) is 140 cm³/mol. The van der Waals surface area contributed by atoms with Crippen molar-refractivity contribution in [2.45, 2.75) is 57.9 Å². The smallest absolute Gasteiger partial charge is 0.303 e. The van der Waals surface area contributed by atoms with E-state index in [0.717, 1.165) is 0 Å². The van der Waals surface area contributed by atoms with Crippen LogP contribution in [0.1, 0.15) is 72.7 Å². The number of carboxylic acids is 1. The Bertz CT molecular complexity index is 1280. The van der Waals surface area contributed by atoms with Crippen molar-refractivity contribution in [1.82, 2.24) is 10.6 Å². The quantitative estimate of drug-likeness (QED) is 0.156. The normalized spacial score (nSPS) is 16.7. The van der Waals surface area contributed by atoms with Gasteiger partial charge in [0.1, 0.15) is 0 Å². The van der Waals surface area contributed by atoms with Crippen LogP contribution >= 0.6 is 0 Å². The number of amides is 2. The van der Waals surface area contributed by atoms with E-state index in [1.165, 1.54) is 6.07 Å². The highest BCUT2D eigenvalue weighted by Gasteiger charge is 2.44. The van der Waals surface area contributed by atoms with Gasteiger partial charge >= 0.3 is 5.97 Å². The Morgan fingerprint density at radius 2 is 1.47 bits per heavy atom. The molecule has 15 heteroatoms. The molecule has 1 heterocycles. The molecular formula is C23H35N3O10S2. The lowest BCUT2D eigenvalue weighted by molar-refractivity contribution is -0.137. The van der Waals surface area contributed by atoms with Crippen LogP contribution in [0, 0.1) is 0 Å². The second-order valence-corrected chi connectivity index (χ2v) is 12.9. The first kappa shape index (κ1) is 31.5. The van der Waals surface area contributed by atoms with Crippen LogP contribution < -0.4 is 15.5 Å². The van der Waals surface area contributed by atoms with Gasteiger partial charge in [-0.05, 0) is 37.5 Å². The topological polar surface area (TPSA) is 207 Å². The standard InChI is InChI=1S/C23H35N3O10S2/c1-15-23(2,3)20-17(22(30)25-9-12-38(34,35)36)13-16(21(29)24-8-11-37(31,32)33)14-18(20)26(15)10-6-4-5-7-19(27)28/h13-15H,4-12H2,1-3H3,(H,24,29)(H,25,30)(H,27,28)(H,31,32,33)(H,34,35,36). The highest BCUT2D eigenvalue weighted by atomic mass is 32.2. The number of fused-ring (bicyclic) bond motifs is 1. The maximum atomic E-state index is 13.2. The second kappa shape index (κ2) is 12.4. The summed E-state index contributed by atoms with van der Waals surface area (Å²) in [7, 11) is -8.61. The summed E-state index contributed by atoms with van der Waals surface area (Å²) < 4.78 is 62.1. The summed E-state index contributed by atoms with van der Waals surface area (Å²) in [4.78, 5) is 38.9. The Morgan fingerprint density at radius 1 is 0.921 bits per heavy atom. The van der Waals surface area contributed by atoms with Gasteiger partial charge in [-0.1, -0.05) is 20.3 Å². The van der Waals surface area contributed by atoms with Crippen LogP contribution in [-0.2, 0) is 30.4 Å². The largest absolute Gasteiger partial charge is 0.481 e. The van der Waals surface area contributed by atoms with Crippen molar-refractivity contribution in [3.05, 3.63) is 28.8 Å². The van der Waals surface area contributed by atoms with Crippen LogP contribution in [0.4, 0.5) is 5.69 Å². The van der Waals surface area contributed by atoms with Crippen LogP contribution in [0.15, 0.2) is 12.1 Å². The van der Waals surface area contributed by atoms with Crippen LogP contribution in [0.25, 0.3) is 0 Å². The van der Waals surface area contributed by atoms with Gasteiger partial charge in [0, 0.05) is 54.3 Å². The molecule has 1 aromatic carbocycles. The van der Waals surface area contributed by atoms with Crippen LogP contribution in [-0.4, -0.2) is 86.0 Å². The molecule has 1 atom stereocenters. The van der Waals surface area contributed by atoms with E-state index in [9.17, 15) is 31.2 Å². The van der Waals surface area contributed by atoms with Gasteiger partial charge in [0.2, 0.25) is 0 Å². The zero-order chi connectivity index (χ0) is 28.9. The van der Waals surface area contributed by atoms with E-state index in [1.807, 2.05) is 25.7 Å². The Balaban J connectivity index is 2.43. The molecule has 1 unspecified atom stereocenters. The average molecular weight is 578 g/mol. The zero-order valence-corrected chi connectivity index (χ0v) is 23.2. The van der Waals surface area contributed by atoms with Gasteiger partial charge < -0.3 is 20.6 Å². The van der Waals surface area contributed by atoms with Gasteiger partial charge in [0.15, 0.2) is 0 Å².